The molecule has 2 heterocycles. The van der Waals surface area contributed by atoms with E-state index >= 15 is 0 Å². The van der Waals surface area contributed by atoms with Gasteiger partial charge in [0.25, 0.3) is 5.22 Å². The molecular formula is C19H15N3O3S. The molecule has 2 aromatic carbocycles. The van der Waals surface area contributed by atoms with Crippen molar-refractivity contribution in [3.8, 4) is 28.7 Å². The number of rotatable bonds is 6. The summed E-state index contributed by atoms with van der Waals surface area (Å²) in [5, 5.41) is 8.64. The van der Waals surface area contributed by atoms with Gasteiger partial charge in [0.2, 0.25) is 11.8 Å². The van der Waals surface area contributed by atoms with Gasteiger partial charge in [0, 0.05) is 16.9 Å². The fourth-order valence-corrected chi connectivity index (χ4v) is 2.98. The van der Waals surface area contributed by atoms with E-state index in [4.69, 9.17) is 13.6 Å². The first-order chi connectivity index (χ1) is 12.8. The molecule has 0 unspecified atom stereocenters. The summed E-state index contributed by atoms with van der Waals surface area (Å²) in [5.41, 5.74) is 2.61. The molecule has 7 heteroatoms. The molecular weight excluding hydrogens is 350 g/mol. The second kappa shape index (κ2) is 7.45. The van der Waals surface area contributed by atoms with Crippen LogP contribution in [0.3, 0.4) is 0 Å². The Labute approximate surface area is 154 Å². The normalized spacial score (nSPS) is 10.8. The predicted molar refractivity (Wildman–Crippen MR) is 97.8 cm³/mol. The van der Waals surface area contributed by atoms with E-state index in [1.54, 1.807) is 13.4 Å². The average molecular weight is 365 g/mol. The zero-order valence-electron chi connectivity index (χ0n) is 14.0. The second-order valence-electron chi connectivity index (χ2n) is 5.40. The highest BCUT2D eigenvalue weighted by atomic mass is 32.2. The van der Waals surface area contributed by atoms with Crippen LogP contribution in [0, 0.1) is 0 Å². The Hall–Kier alpha value is -3.06. The third-order valence-corrected chi connectivity index (χ3v) is 4.51. The van der Waals surface area contributed by atoms with Gasteiger partial charge in [-0.1, -0.05) is 30.0 Å². The highest BCUT2D eigenvalue weighted by molar-refractivity contribution is 7.98. The predicted octanol–water partition coefficient (Wildman–Crippen LogP) is 4.69. The van der Waals surface area contributed by atoms with Gasteiger partial charge >= 0.3 is 0 Å². The molecule has 4 aromatic rings. The van der Waals surface area contributed by atoms with Crippen LogP contribution in [0.2, 0.25) is 0 Å². The topological polar surface area (TPSA) is 74.2 Å². The van der Waals surface area contributed by atoms with Gasteiger partial charge < -0.3 is 13.6 Å². The Balaban J connectivity index is 1.41. The number of thioether (sulfide) groups is 1. The lowest BCUT2D eigenvalue weighted by Gasteiger charge is -1.99. The quantitative estimate of drug-likeness (QED) is 0.459. The summed E-state index contributed by atoms with van der Waals surface area (Å²) in [6.07, 6.45) is 1.65. The molecule has 0 atom stereocenters. The summed E-state index contributed by atoms with van der Waals surface area (Å²) in [6.45, 7) is 0. The van der Waals surface area contributed by atoms with Crippen molar-refractivity contribution < 1.29 is 13.6 Å². The zero-order valence-corrected chi connectivity index (χ0v) is 14.8. The van der Waals surface area contributed by atoms with Crippen LogP contribution in [-0.4, -0.2) is 22.3 Å². The number of methoxy groups -OCH3 is 1. The molecule has 6 nitrogen and oxygen atoms in total. The van der Waals surface area contributed by atoms with Crippen molar-refractivity contribution in [2.75, 3.05) is 7.11 Å². The summed E-state index contributed by atoms with van der Waals surface area (Å²) in [6, 6.07) is 17.2. The van der Waals surface area contributed by atoms with Gasteiger partial charge in [-0.2, -0.15) is 0 Å². The Kier molecular flexibility index (Phi) is 4.70. The molecule has 0 aliphatic carbocycles. The van der Waals surface area contributed by atoms with Crippen molar-refractivity contribution in [2.24, 2.45) is 0 Å². The fourth-order valence-electron chi connectivity index (χ4n) is 2.34. The molecule has 0 aliphatic rings. The van der Waals surface area contributed by atoms with E-state index in [1.807, 2.05) is 54.6 Å². The van der Waals surface area contributed by atoms with Gasteiger partial charge in [0.05, 0.1) is 12.8 Å². The van der Waals surface area contributed by atoms with Gasteiger partial charge in [-0.3, -0.25) is 0 Å². The molecule has 0 spiro atoms. The minimum atomic E-state index is 0.472. The van der Waals surface area contributed by atoms with Crippen molar-refractivity contribution in [3.05, 3.63) is 66.6 Å². The number of hydrogen-bond donors (Lipinski definition) is 0. The average Bonchev–Trinajstić information content (AvgIpc) is 3.37. The number of oxazole rings is 1. The van der Waals surface area contributed by atoms with E-state index < -0.39 is 0 Å². The highest BCUT2D eigenvalue weighted by Crippen LogP contribution is 2.27. The van der Waals surface area contributed by atoms with Crippen LogP contribution in [-0.2, 0) is 5.75 Å². The monoisotopic (exact) mass is 365 g/mol. The van der Waals surface area contributed by atoms with Crippen LogP contribution in [0.4, 0.5) is 0 Å². The SMILES string of the molecule is COc1ccc(-c2nnc(SCc3coc(-c4ccccc4)n3)o2)cc1. The molecule has 0 amide bonds. The third-order valence-electron chi connectivity index (χ3n) is 3.66. The number of benzene rings is 2. The number of aromatic nitrogens is 3. The molecule has 0 N–H and O–H groups in total. The van der Waals surface area contributed by atoms with Crippen LogP contribution < -0.4 is 4.74 Å². The molecule has 0 fully saturated rings. The Bertz CT molecular complexity index is 981. The minimum Gasteiger partial charge on any atom is -0.497 e. The molecule has 4 rings (SSSR count). The largest absolute Gasteiger partial charge is 0.497 e. The van der Waals surface area contributed by atoms with Crippen molar-refractivity contribution >= 4 is 11.8 Å². The molecule has 0 bridgehead atoms. The summed E-state index contributed by atoms with van der Waals surface area (Å²) in [5.74, 6) is 2.44. The maximum atomic E-state index is 5.70. The van der Waals surface area contributed by atoms with E-state index in [0.717, 1.165) is 22.6 Å². The minimum absolute atomic E-state index is 0.472. The molecule has 0 radical (unpaired) electrons. The van der Waals surface area contributed by atoms with Crippen molar-refractivity contribution in [2.45, 2.75) is 11.0 Å². The lowest BCUT2D eigenvalue weighted by atomic mass is 10.2. The van der Waals surface area contributed by atoms with Gasteiger partial charge in [0.15, 0.2) is 0 Å². The van der Waals surface area contributed by atoms with Crippen molar-refractivity contribution in [1.82, 2.24) is 15.2 Å². The summed E-state index contributed by atoms with van der Waals surface area (Å²) in [4.78, 5) is 4.49. The van der Waals surface area contributed by atoms with Crippen LogP contribution in [0.15, 0.2) is 74.9 Å². The van der Waals surface area contributed by atoms with E-state index in [-0.39, 0.29) is 0 Å². The summed E-state index contributed by atoms with van der Waals surface area (Å²) in [7, 11) is 1.63. The molecule has 0 saturated heterocycles. The van der Waals surface area contributed by atoms with Crippen LogP contribution >= 0.6 is 11.8 Å². The highest BCUT2D eigenvalue weighted by Gasteiger charge is 2.12. The van der Waals surface area contributed by atoms with Crippen LogP contribution in [0.25, 0.3) is 22.9 Å². The fraction of sp³-hybridized carbons (Fsp3) is 0.105. The molecule has 26 heavy (non-hydrogen) atoms. The number of nitrogens with zero attached hydrogens (tertiary/aromatic N) is 3. The first kappa shape index (κ1) is 16.4. The maximum absolute atomic E-state index is 5.70. The summed E-state index contributed by atoms with van der Waals surface area (Å²) >= 11 is 1.42. The summed E-state index contributed by atoms with van der Waals surface area (Å²) < 4.78 is 16.4. The van der Waals surface area contributed by atoms with E-state index in [1.165, 1.54) is 11.8 Å². The van der Waals surface area contributed by atoms with Crippen LogP contribution in [0.5, 0.6) is 5.75 Å². The molecule has 130 valence electrons. The first-order valence-electron chi connectivity index (χ1n) is 7.92. The van der Waals surface area contributed by atoms with Gasteiger partial charge in [-0.25, -0.2) is 4.98 Å². The lowest BCUT2D eigenvalue weighted by Crippen LogP contribution is -1.82. The maximum Gasteiger partial charge on any atom is 0.277 e. The number of hydrogen-bond acceptors (Lipinski definition) is 7. The third kappa shape index (κ3) is 3.62. The van der Waals surface area contributed by atoms with Crippen LogP contribution in [0.1, 0.15) is 5.69 Å². The van der Waals surface area contributed by atoms with Gasteiger partial charge in [-0.05, 0) is 36.4 Å². The Morgan fingerprint density at radius 1 is 0.923 bits per heavy atom. The lowest BCUT2D eigenvalue weighted by molar-refractivity contribution is 0.414. The standard InChI is InChI=1S/C19H15N3O3S/c1-23-16-9-7-14(8-10-16)18-21-22-19(25-18)26-12-15-11-24-17(20-15)13-5-3-2-4-6-13/h2-11H,12H2,1H3. The number of ether oxygens (including phenoxy) is 1. The second-order valence-corrected chi connectivity index (χ2v) is 6.33. The Morgan fingerprint density at radius 2 is 1.69 bits per heavy atom. The van der Waals surface area contributed by atoms with E-state index in [0.29, 0.717) is 22.8 Å². The van der Waals surface area contributed by atoms with E-state index in [2.05, 4.69) is 15.2 Å². The van der Waals surface area contributed by atoms with Crippen molar-refractivity contribution in [1.29, 1.82) is 0 Å². The van der Waals surface area contributed by atoms with E-state index in [9.17, 15) is 0 Å². The smallest absolute Gasteiger partial charge is 0.277 e. The first-order valence-corrected chi connectivity index (χ1v) is 8.91. The van der Waals surface area contributed by atoms with Gasteiger partial charge in [-0.15, -0.1) is 10.2 Å². The zero-order chi connectivity index (χ0) is 17.8. The molecule has 2 aromatic heterocycles. The Morgan fingerprint density at radius 3 is 2.46 bits per heavy atom. The molecule has 0 saturated carbocycles. The van der Waals surface area contributed by atoms with Crippen molar-refractivity contribution in [3.63, 3.8) is 0 Å². The molecule has 0 aliphatic heterocycles. The van der Waals surface area contributed by atoms with Gasteiger partial charge in [0.1, 0.15) is 12.0 Å².